The predicted octanol–water partition coefficient (Wildman–Crippen LogP) is 4.35. The lowest BCUT2D eigenvalue weighted by Gasteiger charge is -2.06. The van der Waals surface area contributed by atoms with Crippen molar-refractivity contribution in [3.05, 3.63) is 63.9 Å². The zero-order valence-corrected chi connectivity index (χ0v) is 10.5. The van der Waals surface area contributed by atoms with Gasteiger partial charge in [-0.3, -0.25) is 0 Å². The number of hydrogen-bond donors (Lipinski definition) is 0. The Hall–Kier alpha value is -1.58. The number of benzene rings is 2. The fourth-order valence-electron chi connectivity index (χ4n) is 1.30. The molecule has 0 amide bonds. The second kappa shape index (κ2) is 5.38. The number of hydrogen-bond acceptors (Lipinski definition) is 2. The van der Waals surface area contributed by atoms with Gasteiger partial charge in [0.15, 0.2) is 5.75 Å². The summed E-state index contributed by atoms with van der Waals surface area (Å²) >= 11 is 11.6. The van der Waals surface area contributed by atoms with E-state index in [1.807, 2.05) is 0 Å². The van der Waals surface area contributed by atoms with Crippen molar-refractivity contribution in [2.45, 2.75) is 0 Å². The summed E-state index contributed by atoms with van der Waals surface area (Å²) in [5, 5.41) is 0.677. The Bertz CT molecular complexity index is 582. The van der Waals surface area contributed by atoms with E-state index in [0.717, 1.165) is 0 Å². The van der Waals surface area contributed by atoms with Crippen LogP contribution >= 0.6 is 23.2 Å². The van der Waals surface area contributed by atoms with Crippen LogP contribution in [0.5, 0.6) is 5.75 Å². The number of carbonyl (C=O) groups is 1. The molecular weight excluding hydrogens is 278 g/mol. The molecule has 0 heterocycles. The van der Waals surface area contributed by atoms with Crippen molar-refractivity contribution >= 4 is 29.2 Å². The molecule has 0 aliphatic carbocycles. The summed E-state index contributed by atoms with van der Waals surface area (Å²) in [6, 6.07) is 9.56. The van der Waals surface area contributed by atoms with Gasteiger partial charge in [-0.2, -0.15) is 0 Å². The van der Waals surface area contributed by atoms with Gasteiger partial charge in [-0.1, -0.05) is 23.2 Å². The molecule has 2 nitrogen and oxygen atoms in total. The predicted molar refractivity (Wildman–Crippen MR) is 67.8 cm³/mol. The van der Waals surface area contributed by atoms with Gasteiger partial charge in [-0.05, 0) is 36.4 Å². The minimum absolute atomic E-state index is 0.165. The highest BCUT2D eigenvalue weighted by Crippen LogP contribution is 2.28. The third kappa shape index (κ3) is 3.00. The van der Waals surface area contributed by atoms with E-state index in [-0.39, 0.29) is 16.3 Å². The molecule has 2 aromatic carbocycles. The second-order valence-electron chi connectivity index (χ2n) is 3.47. The van der Waals surface area contributed by atoms with Gasteiger partial charge in [-0.15, -0.1) is 0 Å². The Balaban J connectivity index is 2.21. The summed E-state index contributed by atoms with van der Waals surface area (Å²) in [4.78, 5) is 11.7. The SMILES string of the molecule is O=C(Oc1cc(Cl)ccc1Cl)c1ccc(F)cc1. The van der Waals surface area contributed by atoms with Crippen LogP contribution in [0.1, 0.15) is 10.4 Å². The van der Waals surface area contributed by atoms with E-state index in [1.165, 1.54) is 36.4 Å². The normalized spacial score (nSPS) is 10.2. The molecule has 0 unspecified atom stereocenters. The lowest BCUT2D eigenvalue weighted by Crippen LogP contribution is -2.08. The van der Waals surface area contributed by atoms with Crippen LogP contribution < -0.4 is 4.74 Å². The van der Waals surface area contributed by atoms with Gasteiger partial charge in [0.2, 0.25) is 0 Å². The maximum Gasteiger partial charge on any atom is 0.343 e. The van der Waals surface area contributed by atoms with Crippen molar-refractivity contribution in [2.24, 2.45) is 0 Å². The average Bonchev–Trinajstić information content (AvgIpc) is 2.34. The minimum Gasteiger partial charge on any atom is -0.421 e. The number of rotatable bonds is 2. The van der Waals surface area contributed by atoms with Gasteiger partial charge in [0.1, 0.15) is 5.82 Å². The van der Waals surface area contributed by atoms with Crippen LogP contribution in [0.15, 0.2) is 42.5 Å². The summed E-state index contributed by atoms with van der Waals surface area (Å²) in [7, 11) is 0. The van der Waals surface area contributed by atoms with Crippen LogP contribution in [0.4, 0.5) is 4.39 Å². The van der Waals surface area contributed by atoms with Gasteiger partial charge in [-0.25, -0.2) is 9.18 Å². The molecule has 0 aliphatic heterocycles. The zero-order chi connectivity index (χ0) is 13.1. The smallest absolute Gasteiger partial charge is 0.343 e. The third-order valence-corrected chi connectivity index (χ3v) is 2.72. The maximum atomic E-state index is 12.7. The summed E-state index contributed by atoms with van der Waals surface area (Å²) in [5.41, 5.74) is 0.229. The highest BCUT2D eigenvalue weighted by Gasteiger charge is 2.11. The monoisotopic (exact) mass is 284 g/mol. The second-order valence-corrected chi connectivity index (χ2v) is 4.31. The molecule has 5 heteroatoms. The molecule has 2 rings (SSSR count). The Kier molecular flexibility index (Phi) is 3.84. The molecule has 0 radical (unpaired) electrons. The van der Waals surface area contributed by atoms with Crippen molar-refractivity contribution in [1.82, 2.24) is 0 Å². The number of halogens is 3. The molecule has 0 aromatic heterocycles. The first-order chi connectivity index (χ1) is 8.56. The van der Waals surface area contributed by atoms with Gasteiger partial charge < -0.3 is 4.74 Å². The van der Waals surface area contributed by atoms with Crippen molar-refractivity contribution in [2.75, 3.05) is 0 Å². The molecule has 0 atom stereocenters. The standard InChI is InChI=1S/C13H7Cl2FO2/c14-9-3-6-11(15)12(7-9)18-13(17)8-1-4-10(16)5-2-8/h1-7H. The van der Waals surface area contributed by atoms with Crippen molar-refractivity contribution in [3.63, 3.8) is 0 Å². The van der Waals surface area contributed by atoms with Crippen LogP contribution in [0, 0.1) is 5.82 Å². The molecule has 92 valence electrons. The highest BCUT2D eigenvalue weighted by molar-refractivity contribution is 6.34. The van der Waals surface area contributed by atoms with Crippen LogP contribution in [-0.2, 0) is 0 Å². The Morgan fingerprint density at radius 3 is 2.39 bits per heavy atom. The molecule has 0 saturated heterocycles. The fourth-order valence-corrected chi connectivity index (χ4v) is 1.62. The van der Waals surface area contributed by atoms with Crippen molar-refractivity contribution < 1.29 is 13.9 Å². The Labute approximate surface area is 113 Å². The molecule has 0 aliphatic rings. The third-order valence-electron chi connectivity index (χ3n) is 2.18. The van der Waals surface area contributed by atoms with Gasteiger partial charge >= 0.3 is 5.97 Å². The number of carbonyl (C=O) groups excluding carboxylic acids is 1. The summed E-state index contributed by atoms with van der Waals surface area (Å²) in [6.07, 6.45) is 0. The van der Waals surface area contributed by atoms with Gasteiger partial charge in [0.05, 0.1) is 10.6 Å². The lowest BCUT2D eigenvalue weighted by atomic mass is 10.2. The summed E-state index contributed by atoms with van der Waals surface area (Å²) in [6.45, 7) is 0. The first kappa shape index (κ1) is 12.9. The van der Waals surface area contributed by atoms with Gasteiger partial charge in [0.25, 0.3) is 0 Å². The van der Waals surface area contributed by atoms with E-state index >= 15 is 0 Å². The first-order valence-corrected chi connectivity index (χ1v) is 5.74. The zero-order valence-electron chi connectivity index (χ0n) is 8.99. The molecule has 0 saturated carbocycles. The van der Waals surface area contributed by atoms with E-state index in [4.69, 9.17) is 27.9 Å². The fraction of sp³-hybridized carbons (Fsp3) is 0. The topological polar surface area (TPSA) is 26.3 Å². The summed E-state index contributed by atoms with van der Waals surface area (Å²) < 4.78 is 17.8. The largest absolute Gasteiger partial charge is 0.421 e. The Morgan fingerprint density at radius 1 is 1.06 bits per heavy atom. The van der Waals surface area contributed by atoms with Crippen molar-refractivity contribution in [3.8, 4) is 5.75 Å². The quantitative estimate of drug-likeness (QED) is 0.605. The van der Waals surface area contributed by atoms with Crippen LogP contribution in [0.25, 0.3) is 0 Å². The van der Waals surface area contributed by atoms with E-state index in [2.05, 4.69) is 0 Å². The average molecular weight is 285 g/mol. The molecule has 0 bridgehead atoms. The first-order valence-electron chi connectivity index (χ1n) is 4.99. The Morgan fingerprint density at radius 2 is 1.72 bits per heavy atom. The maximum absolute atomic E-state index is 12.7. The molecule has 0 N–H and O–H groups in total. The number of ether oxygens (including phenoxy) is 1. The molecule has 0 spiro atoms. The minimum atomic E-state index is -0.626. The molecular formula is C13H7Cl2FO2. The van der Waals surface area contributed by atoms with Crippen LogP contribution in [-0.4, -0.2) is 5.97 Å². The van der Waals surface area contributed by atoms with E-state index < -0.39 is 11.8 Å². The number of esters is 1. The summed E-state index contributed by atoms with van der Waals surface area (Å²) in [5.74, 6) is -0.884. The van der Waals surface area contributed by atoms with E-state index in [1.54, 1.807) is 6.07 Å². The van der Waals surface area contributed by atoms with Crippen LogP contribution in [0.3, 0.4) is 0 Å². The van der Waals surface area contributed by atoms with E-state index in [0.29, 0.717) is 5.02 Å². The highest BCUT2D eigenvalue weighted by atomic mass is 35.5. The van der Waals surface area contributed by atoms with E-state index in [9.17, 15) is 9.18 Å². The molecule has 2 aromatic rings. The molecule has 18 heavy (non-hydrogen) atoms. The van der Waals surface area contributed by atoms with Gasteiger partial charge in [0, 0.05) is 11.1 Å². The molecule has 0 fully saturated rings. The van der Waals surface area contributed by atoms with Crippen molar-refractivity contribution in [1.29, 1.82) is 0 Å². The lowest BCUT2D eigenvalue weighted by molar-refractivity contribution is 0.0735. The van der Waals surface area contributed by atoms with Crippen LogP contribution in [0.2, 0.25) is 10.0 Å².